The summed E-state index contributed by atoms with van der Waals surface area (Å²) in [5.41, 5.74) is 0.412. The molecule has 2 nitrogen and oxygen atoms in total. The van der Waals surface area contributed by atoms with Gasteiger partial charge in [-0.05, 0) is 0 Å². The monoisotopic (exact) mass is 172 g/mol. The summed E-state index contributed by atoms with van der Waals surface area (Å²) in [6, 6.07) is 0. The van der Waals surface area contributed by atoms with E-state index in [1.54, 1.807) is 0 Å². The molecule has 0 aliphatic carbocycles. The third-order valence-corrected chi connectivity index (χ3v) is 2.78. The zero-order valence-electron chi connectivity index (χ0n) is 7.59. The van der Waals surface area contributed by atoms with Crippen molar-refractivity contribution in [2.45, 2.75) is 31.0 Å². The normalized spacial score (nSPS) is 24.0. The summed E-state index contributed by atoms with van der Waals surface area (Å²) in [4.78, 5) is 2.18. The van der Waals surface area contributed by atoms with Crippen LogP contribution in [0.2, 0.25) is 0 Å². The average Bonchev–Trinajstić information content (AvgIpc) is 2.12. The predicted molar refractivity (Wildman–Crippen MR) is 51.2 cm³/mol. The van der Waals surface area contributed by atoms with Crippen molar-refractivity contribution < 1.29 is 0 Å². The second-order valence-corrected chi connectivity index (χ2v) is 5.64. The van der Waals surface area contributed by atoms with Gasteiger partial charge in [0, 0.05) is 24.2 Å². The van der Waals surface area contributed by atoms with Crippen molar-refractivity contribution in [1.29, 1.82) is 0 Å². The number of hydrogen-bond acceptors (Lipinski definition) is 3. The lowest BCUT2D eigenvalue weighted by Crippen LogP contribution is -2.32. The zero-order valence-corrected chi connectivity index (χ0v) is 8.40. The second-order valence-electron chi connectivity index (χ2n) is 3.73. The van der Waals surface area contributed by atoms with Crippen LogP contribution in [0.15, 0.2) is 12.4 Å². The smallest absolute Gasteiger partial charge is 0.147 e. The van der Waals surface area contributed by atoms with Crippen LogP contribution in [0.4, 0.5) is 0 Å². The van der Waals surface area contributed by atoms with E-state index in [1.807, 2.05) is 18.0 Å². The highest BCUT2D eigenvalue weighted by molar-refractivity contribution is 8.01. The lowest BCUT2D eigenvalue weighted by molar-refractivity contribution is 0.433. The van der Waals surface area contributed by atoms with Gasteiger partial charge in [0.25, 0.3) is 0 Å². The van der Waals surface area contributed by atoms with E-state index in [9.17, 15) is 0 Å². The van der Waals surface area contributed by atoms with Crippen LogP contribution in [-0.2, 0) is 0 Å². The number of nitrogens with zero attached hydrogens (tertiary/aromatic N) is 1. The van der Waals surface area contributed by atoms with Gasteiger partial charge in [0.2, 0.25) is 0 Å². The van der Waals surface area contributed by atoms with E-state index in [0.29, 0.717) is 10.2 Å². The quantitative estimate of drug-likeness (QED) is 0.649. The van der Waals surface area contributed by atoms with Crippen LogP contribution in [0.3, 0.4) is 0 Å². The molecule has 1 N–H and O–H groups in total. The molecule has 0 aromatic rings. The van der Waals surface area contributed by atoms with Crippen molar-refractivity contribution in [3.05, 3.63) is 12.4 Å². The molecule has 64 valence electrons. The molecule has 0 aromatic heterocycles. The van der Waals surface area contributed by atoms with Crippen molar-refractivity contribution >= 4 is 11.8 Å². The molecule has 3 heteroatoms. The van der Waals surface area contributed by atoms with E-state index in [2.05, 4.69) is 44.2 Å². The molecule has 1 aliphatic heterocycles. The molecule has 0 fully saturated rings. The van der Waals surface area contributed by atoms with Gasteiger partial charge >= 0.3 is 0 Å². The molecule has 1 aliphatic rings. The standard InChI is InChI=1S/C8H16N2S/c1-8(2,3)11-7-9-5-6-10(7)4/h5-7,9H,1-4H3. The molecule has 1 rings (SSSR count). The van der Waals surface area contributed by atoms with Gasteiger partial charge in [-0.3, -0.25) is 0 Å². The second kappa shape index (κ2) is 2.97. The lowest BCUT2D eigenvalue weighted by atomic mass is 10.3. The fourth-order valence-corrected chi connectivity index (χ4v) is 1.94. The Kier molecular flexibility index (Phi) is 2.37. The number of nitrogens with one attached hydrogen (secondary N) is 1. The molecule has 11 heavy (non-hydrogen) atoms. The van der Waals surface area contributed by atoms with Crippen LogP contribution in [0.25, 0.3) is 0 Å². The summed E-state index contributed by atoms with van der Waals surface area (Å²) >= 11 is 1.92. The Bertz CT molecular complexity index is 160. The van der Waals surface area contributed by atoms with E-state index in [-0.39, 0.29) is 0 Å². The van der Waals surface area contributed by atoms with E-state index < -0.39 is 0 Å². The SMILES string of the molecule is CN1C=CNC1SC(C)(C)C. The van der Waals surface area contributed by atoms with Gasteiger partial charge in [-0.1, -0.05) is 20.8 Å². The first-order valence-electron chi connectivity index (χ1n) is 3.81. The van der Waals surface area contributed by atoms with E-state index in [1.165, 1.54) is 0 Å². The Hall–Kier alpha value is -0.310. The molecular formula is C8H16N2S. The maximum atomic E-state index is 3.27. The highest BCUT2D eigenvalue weighted by Crippen LogP contribution is 2.29. The number of rotatable bonds is 1. The molecule has 0 saturated carbocycles. The maximum absolute atomic E-state index is 3.27. The molecule has 0 saturated heterocycles. The van der Waals surface area contributed by atoms with Gasteiger partial charge in [0.15, 0.2) is 0 Å². The third-order valence-electron chi connectivity index (χ3n) is 1.38. The van der Waals surface area contributed by atoms with Crippen molar-refractivity contribution in [2.24, 2.45) is 0 Å². The Morgan fingerprint density at radius 2 is 2.09 bits per heavy atom. The largest absolute Gasteiger partial charge is 0.362 e. The fourth-order valence-electron chi connectivity index (χ4n) is 0.891. The molecule has 1 unspecified atom stereocenters. The first-order valence-corrected chi connectivity index (χ1v) is 4.69. The predicted octanol–water partition coefficient (Wildman–Crippen LogP) is 1.81. The van der Waals surface area contributed by atoms with Crippen LogP contribution in [0, 0.1) is 0 Å². The van der Waals surface area contributed by atoms with E-state index in [4.69, 9.17) is 0 Å². The molecule has 0 spiro atoms. The summed E-state index contributed by atoms with van der Waals surface area (Å²) in [5, 5.41) is 3.27. The van der Waals surface area contributed by atoms with E-state index in [0.717, 1.165) is 0 Å². The lowest BCUT2D eigenvalue weighted by Gasteiger charge is -2.27. The maximum Gasteiger partial charge on any atom is 0.147 e. The summed E-state index contributed by atoms with van der Waals surface area (Å²) in [5.74, 6) is 0. The van der Waals surface area contributed by atoms with Crippen LogP contribution in [0.1, 0.15) is 20.8 Å². The Morgan fingerprint density at radius 1 is 1.45 bits per heavy atom. The highest BCUT2D eigenvalue weighted by atomic mass is 32.2. The van der Waals surface area contributed by atoms with Crippen molar-refractivity contribution in [2.75, 3.05) is 7.05 Å². The van der Waals surface area contributed by atoms with Gasteiger partial charge in [-0.15, -0.1) is 11.8 Å². The topological polar surface area (TPSA) is 15.3 Å². The minimum atomic E-state index is 0.317. The fraction of sp³-hybridized carbons (Fsp3) is 0.750. The molecule has 0 amide bonds. The molecular weight excluding hydrogens is 156 g/mol. The molecule has 1 heterocycles. The molecule has 0 radical (unpaired) electrons. The first-order chi connectivity index (χ1) is 4.99. The Morgan fingerprint density at radius 3 is 2.45 bits per heavy atom. The Balaban J connectivity index is 2.40. The molecule has 0 bridgehead atoms. The van der Waals surface area contributed by atoms with Crippen molar-refractivity contribution in [1.82, 2.24) is 10.2 Å². The van der Waals surface area contributed by atoms with Gasteiger partial charge in [-0.2, -0.15) is 0 Å². The zero-order chi connectivity index (χ0) is 8.48. The number of thioether (sulfide) groups is 1. The molecule has 0 aromatic carbocycles. The minimum Gasteiger partial charge on any atom is -0.362 e. The van der Waals surface area contributed by atoms with Crippen LogP contribution < -0.4 is 5.32 Å². The van der Waals surface area contributed by atoms with Crippen LogP contribution in [0.5, 0.6) is 0 Å². The average molecular weight is 172 g/mol. The van der Waals surface area contributed by atoms with Gasteiger partial charge < -0.3 is 10.2 Å². The van der Waals surface area contributed by atoms with Crippen LogP contribution in [-0.4, -0.2) is 22.2 Å². The van der Waals surface area contributed by atoms with Crippen molar-refractivity contribution in [3.8, 4) is 0 Å². The van der Waals surface area contributed by atoms with Gasteiger partial charge in [0.1, 0.15) is 5.50 Å². The van der Waals surface area contributed by atoms with Crippen LogP contribution >= 0.6 is 11.8 Å². The minimum absolute atomic E-state index is 0.317. The highest BCUT2D eigenvalue weighted by Gasteiger charge is 2.22. The van der Waals surface area contributed by atoms with Gasteiger partial charge in [0.05, 0.1) is 0 Å². The Labute approximate surface area is 73.0 Å². The summed E-state index contributed by atoms with van der Waals surface area (Å²) in [7, 11) is 2.08. The van der Waals surface area contributed by atoms with Crippen molar-refractivity contribution in [3.63, 3.8) is 0 Å². The van der Waals surface area contributed by atoms with E-state index >= 15 is 0 Å². The summed E-state index contributed by atoms with van der Waals surface area (Å²) in [6.07, 6.45) is 4.05. The third kappa shape index (κ3) is 2.66. The number of hydrogen-bond donors (Lipinski definition) is 1. The molecule has 1 atom stereocenters. The first kappa shape index (κ1) is 8.78. The van der Waals surface area contributed by atoms with Gasteiger partial charge in [-0.25, -0.2) is 0 Å². The summed E-state index contributed by atoms with van der Waals surface area (Å²) < 4.78 is 0.317. The summed E-state index contributed by atoms with van der Waals surface area (Å²) in [6.45, 7) is 6.68.